The van der Waals surface area contributed by atoms with E-state index in [2.05, 4.69) is 11.8 Å². The minimum absolute atomic E-state index is 0.314. The van der Waals surface area contributed by atoms with Gasteiger partial charge in [0.05, 0.1) is 6.54 Å². The Labute approximate surface area is 104 Å². The van der Waals surface area contributed by atoms with Crippen LogP contribution in [-0.2, 0) is 4.79 Å². The molecule has 0 radical (unpaired) electrons. The summed E-state index contributed by atoms with van der Waals surface area (Å²) in [5, 5.41) is 0. The molecule has 2 N–H and O–H groups in total. The van der Waals surface area contributed by atoms with Gasteiger partial charge >= 0.3 is 0 Å². The van der Waals surface area contributed by atoms with Crippen LogP contribution in [-0.4, -0.2) is 54.5 Å². The van der Waals surface area contributed by atoms with Crippen LogP contribution in [0.1, 0.15) is 32.6 Å². The van der Waals surface area contributed by atoms with Crippen LogP contribution in [0.25, 0.3) is 0 Å². The second-order valence-electron chi connectivity index (χ2n) is 5.56. The summed E-state index contributed by atoms with van der Waals surface area (Å²) in [6, 6.07) is 0.511. The summed E-state index contributed by atoms with van der Waals surface area (Å²) in [7, 11) is 0. The number of nitrogens with zero attached hydrogens (tertiary/aromatic N) is 2. The van der Waals surface area contributed by atoms with Crippen LogP contribution in [0.15, 0.2) is 0 Å². The molecule has 0 bridgehead atoms. The van der Waals surface area contributed by atoms with Crippen LogP contribution in [0.3, 0.4) is 0 Å². The highest BCUT2D eigenvalue weighted by Gasteiger charge is 2.30. The molecule has 2 fully saturated rings. The van der Waals surface area contributed by atoms with Crippen molar-refractivity contribution in [1.82, 2.24) is 9.80 Å². The van der Waals surface area contributed by atoms with Crippen molar-refractivity contribution < 1.29 is 4.79 Å². The highest BCUT2D eigenvalue weighted by molar-refractivity contribution is 5.78. The van der Waals surface area contributed by atoms with E-state index in [0.717, 1.165) is 32.6 Å². The number of likely N-dealkylation sites (tertiary alicyclic amines) is 2. The van der Waals surface area contributed by atoms with E-state index in [1.807, 2.05) is 4.90 Å². The Kier molecular flexibility index (Phi) is 4.40. The number of hydrogen-bond acceptors (Lipinski definition) is 3. The lowest BCUT2D eigenvalue weighted by atomic mass is 10.1. The molecule has 2 rings (SSSR count). The van der Waals surface area contributed by atoms with Gasteiger partial charge in [-0.3, -0.25) is 9.69 Å². The number of carbonyl (C=O) groups is 1. The molecule has 0 aromatic rings. The average molecular weight is 239 g/mol. The smallest absolute Gasteiger partial charge is 0.236 e. The van der Waals surface area contributed by atoms with Crippen LogP contribution in [0.2, 0.25) is 0 Å². The summed E-state index contributed by atoms with van der Waals surface area (Å²) in [5.41, 5.74) is 5.71. The molecule has 2 heterocycles. The van der Waals surface area contributed by atoms with Gasteiger partial charge in [-0.15, -0.1) is 0 Å². The number of piperidine rings is 1. The number of nitrogens with two attached hydrogens (primary N) is 1. The van der Waals surface area contributed by atoms with Crippen molar-refractivity contribution in [2.24, 2.45) is 11.7 Å². The number of carbonyl (C=O) groups excluding carboxylic acids is 1. The van der Waals surface area contributed by atoms with Crippen LogP contribution in [0.5, 0.6) is 0 Å². The lowest BCUT2D eigenvalue weighted by Crippen LogP contribution is -2.43. The molecule has 2 saturated heterocycles. The maximum absolute atomic E-state index is 12.1. The van der Waals surface area contributed by atoms with Crippen molar-refractivity contribution in [1.29, 1.82) is 0 Å². The van der Waals surface area contributed by atoms with Crippen LogP contribution < -0.4 is 5.73 Å². The van der Waals surface area contributed by atoms with Crippen molar-refractivity contribution in [3.8, 4) is 0 Å². The summed E-state index contributed by atoms with van der Waals surface area (Å²) in [6.07, 6.45) is 4.77. The largest absolute Gasteiger partial charge is 0.342 e. The van der Waals surface area contributed by atoms with Crippen LogP contribution in [0.4, 0.5) is 0 Å². The van der Waals surface area contributed by atoms with E-state index in [4.69, 9.17) is 5.73 Å². The summed E-state index contributed by atoms with van der Waals surface area (Å²) in [6.45, 7) is 6.47. The summed E-state index contributed by atoms with van der Waals surface area (Å²) in [4.78, 5) is 16.5. The first-order valence-corrected chi connectivity index (χ1v) is 6.92. The first kappa shape index (κ1) is 12.8. The Hall–Kier alpha value is -0.610. The van der Waals surface area contributed by atoms with E-state index in [0.29, 0.717) is 24.4 Å². The van der Waals surface area contributed by atoms with Crippen molar-refractivity contribution >= 4 is 5.91 Å². The molecular weight excluding hydrogens is 214 g/mol. The lowest BCUT2D eigenvalue weighted by molar-refractivity contribution is -0.133. The number of amides is 1. The maximum Gasteiger partial charge on any atom is 0.236 e. The Morgan fingerprint density at radius 3 is 2.59 bits per heavy atom. The van der Waals surface area contributed by atoms with Crippen LogP contribution in [0, 0.1) is 5.92 Å². The predicted molar refractivity (Wildman–Crippen MR) is 68.6 cm³/mol. The Bertz CT molecular complexity index is 263. The van der Waals surface area contributed by atoms with Gasteiger partial charge in [0.15, 0.2) is 0 Å². The van der Waals surface area contributed by atoms with Crippen LogP contribution >= 0.6 is 0 Å². The SMILES string of the molecule is CC1CC(CN)CN1CC(=O)N1CCCCC1. The van der Waals surface area contributed by atoms with Crippen molar-refractivity contribution in [3.63, 3.8) is 0 Å². The Balaban J connectivity index is 1.81. The molecule has 2 aliphatic heterocycles. The average Bonchev–Trinajstić information content (AvgIpc) is 2.71. The molecule has 1 amide bonds. The molecule has 0 saturated carbocycles. The third kappa shape index (κ3) is 3.19. The third-order valence-corrected chi connectivity index (χ3v) is 4.17. The second-order valence-corrected chi connectivity index (χ2v) is 5.56. The third-order valence-electron chi connectivity index (χ3n) is 4.17. The number of hydrogen-bond donors (Lipinski definition) is 1. The topological polar surface area (TPSA) is 49.6 Å². The van der Waals surface area contributed by atoms with Crippen molar-refractivity contribution in [3.05, 3.63) is 0 Å². The van der Waals surface area contributed by atoms with Gasteiger partial charge in [0.1, 0.15) is 0 Å². The fraction of sp³-hybridized carbons (Fsp3) is 0.923. The van der Waals surface area contributed by atoms with Gasteiger partial charge in [-0.25, -0.2) is 0 Å². The molecule has 2 aliphatic rings. The van der Waals surface area contributed by atoms with Gasteiger partial charge in [-0.2, -0.15) is 0 Å². The zero-order chi connectivity index (χ0) is 12.3. The molecule has 98 valence electrons. The molecule has 0 aliphatic carbocycles. The van der Waals surface area contributed by atoms with Gasteiger partial charge in [-0.05, 0) is 45.1 Å². The first-order valence-electron chi connectivity index (χ1n) is 6.92. The molecule has 2 atom stereocenters. The van der Waals surface area contributed by atoms with E-state index >= 15 is 0 Å². The molecule has 0 spiro atoms. The van der Waals surface area contributed by atoms with E-state index in [1.165, 1.54) is 19.3 Å². The number of rotatable bonds is 3. The van der Waals surface area contributed by atoms with Gasteiger partial charge < -0.3 is 10.6 Å². The van der Waals surface area contributed by atoms with Gasteiger partial charge in [-0.1, -0.05) is 0 Å². The summed E-state index contributed by atoms with van der Waals surface area (Å²) < 4.78 is 0. The van der Waals surface area contributed by atoms with Crippen molar-refractivity contribution in [2.45, 2.75) is 38.6 Å². The zero-order valence-corrected chi connectivity index (χ0v) is 10.9. The van der Waals surface area contributed by atoms with Gasteiger partial charge in [0.2, 0.25) is 5.91 Å². The summed E-state index contributed by atoms with van der Waals surface area (Å²) >= 11 is 0. The van der Waals surface area contributed by atoms with Gasteiger partial charge in [0.25, 0.3) is 0 Å². The monoisotopic (exact) mass is 239 g/mol. The minimum atomic E-state index is 0.314. The molecule has 0 aromatic carbocycles. The molecule has 2 unspecified atom stereocenters. The fourth-order valence-electron chi connectivity index (χ4n) is 3.03. The second kappa shape index (κ2) is 5.83. The molecule has 0 aromatic heterocycles. The lowest BCUT2D eigenvalue weighted by Gasteiger charge is -2.29. The molecule has 4 heteroatoms. The highest BCUT2D eigenvalue weighted by Crippen LogP contribution is 2.22. The zero-order valence-electron chi connectivity index (χ0n) is 10.9. The van der Waals surface area contributed by atoms with Crippen molar-refractivity contribution in [2.75, 3.05) is 32.7 Å². The summed E-state index contributed by atoms with van der Waals surface area (Å²) in [5.74, 6) is 0.897. The van der Waals surface area contributed by atoms with E-state index in [-0.39, 0.29) is 0 Å². The van der Waals surface area contributed by atoms with E-state index < -0.39 is 0 Å². The standard InChI is InChI=1S/C13H25N3O/c1-11-7-12(8-14)9-16(11)10-13(17)15-5-3-2-4-6-15/h11-12H,2-10,14H2,1H3. The van der Waals surface area contributed by atoms with Gasteiger partial charge in [0, 0.05) is 25.7 Å². The maximum atomic E-state index is 12.1. The molecule has 17 heavy (non-hydrogen) atoms. The Morgan fingerprint density at radius 1 is 1.29 bits per heavy atom. The van der Waals surface area contributed by atoms with E-state index in [1.54, 1.807) is 0 Å². The molecular formula is C13H25N3O. The first-order chi connectivity index (χ1) is 8.20. The van der Waals surface area contributed by atoms with E-state index in [9.17, 15) is 4.79 Å². The quantitative estimate of drug-likeness (QED) is 0.787. The minimum Gasteiger partial charge on any atom is -0.342 e. The predicted octanol–water partition coefficient (Wildman–Crippen LogP) is 0.668. The normalized spacial score (nSPS) is 30.8. The molecule has 4 nitrogen and oxygen atoms in total. The fourth-order valence-corrected chi connectivity index (χ4v) is 3.03. The Morgan fingerprint density at radius 2 is 2.00 bits per heavy atom. The highest BCUT2D eigenvalue weighted by atomic mass is 16.2.